The summed E-state index contributed by atoms with van der Waals surface area (Å²) >= 11 is 0. The minimum Gasteiger partial charge on any atom is -0.356 e. The zero-order valence-corrected chi connectivity index (χ0v) is 12.6. The van der Waals surface area contributed by atoms with Crippen molar-refractivity contribution in [2.75, 3.05) is 11.9 Å². The second-order valence-corrected chi connectivity index (χ2v) is 6.23. The van der Waals surface area contributed by atoms with Crippen molar-refractivity contribution < 1.29 is 0 Å². The number of anilines is 1. The number of H-pyrrole nitrogens is 1. The van der Waals surface area contributed by atoms with Crippen molar-refractivity contribution in [2.45, 2.75) is 27.2 Å². The first-order chi connectivity index (χ1) is 9.20. The predicted octanol–water partition coefficient (Wildman–Crippen LogP) is 0.808. The minimum absolute atomic E-state index is 0.224. The van der Waals surface area contributed by atoms with Gasteiger partial charge in [0.1, 0.15) is 0 Å². The van der Waals surface area contributed by atoms with Gasteiger partial charge in [-0.1, -0.05) is 20.8 Å². The molecule has 0 unspecified atom stereocenters. The van der Waals surface area contributed by atoms with Crippen molar-refractivity contribution in [1.29, 1.82) is 0 Å². The Morgan fingerprint density at radius 1 is 1.20 bits per heavy atom. The monoisotopic (exact) mass is 279 g/mol. The Hall–Kier alpha value is -2.05. The van der Waals surface area contributed by atoms with Crippen molar-refractivity contribution in [3.05, 3.63) is 20.8 Å². The average Bonchev–Trinajstić information content (AvgIpc) is 2.76. The summed E-state index contributed by atoms with van der Waals surface area (Å²) in [7, 11) is 3.06. The highest BCUT2D eigenvalue weighted by molar-refractivity contribution is 5.72. The Balaban J connectivity index is 2.35. The average molecular weight is 279 g/mol. The molecule has 0 fully saturated rings. The molecule has 0 atom stereocenters. The van der Waals surface area contributed by atoms with Gasteiger partial charge in [-0.3, -0.25) is 13.9 Å². The van der Waals surface area contributed by atoms with Gasteiger partial charge in [0.2, 0.25) is 5.95 Å². The zero-order valence-electron chi connectivity index (χ0n) is 12.6. The van der Waals surface area contributed by atoms with Crippen LogP contribution in [0.25, 0.3) is 11.2 Å². The fourth-order valence-corrected chi connectivity index (χ4v) is 1.97. The molecule has 0 aliphatic heterocycles. The summed E-state index contributed by atoms with van der Waals surface area (Å²) in [5.41, 5.74) is 0.195. The number of hydrogen-bond donors (Lipinski definition) is 2. The first-order valence-electron chi connectivity index (χ1n) is 6.60. The van der Waals surface area contributed by atoms with Gasteiger partial charge in [0.15, 0.2) is 11.2 Å². The Labute approximate surface area is 116 Å². The van der Waals surface area contributed by atoms with Crippen LogP contribution in [0.15, 0.2) is 9.59 Å². The normalized spacial score (nSPS) is 12.1. The van der Waals surface area contributed by atoms with E-state index >= 15 is 0 Å². The molecule has 0 radical (unpaired) electrons. The third-order valence-corrected chi connectivity index (χ3v) is 3.26. The molecule has 0 aliphatic rings. The molecule has 0 amide bonds. The second-order valence-electron chi connectivity index (χ2n) is 6.23. The summed E-state index contributed by atoms with van der Waals surface area (Å²) in [6.45, 7) is 7.23. The van der Waals surface area contributed by atoms with Gasteiger partial charge in [0.25, 0.3) is 5.56 Å². The van der Waals surface area contributed by atoms with Crippen LogP contribution >= 0.6 is 0 Å². The van der Waals surface area contributed by atoms with Gasteiger partial charge in [0, 0.05) is 20.6 Å². The summed E-state index contributed by atoms with van der Waals surface area (Å²) in [6, 6.07) is 0. The predicted molar refractivity (Wildman–Crippen MR) is 79.1 cm³/mol. The van der Waals surface area contributed by atoms with Crippen LogP contribution in [0.1, 0.15) is 27.2 Å². The van der Waals surface area contributed by atoms with Gasteiger partial charge < -0.3 is 10.3 Å². The molecule has 110 valence electrons. The number of aromatic nitrogens is 4. The number of imidazole rings is 1. The van der Waals surface area contributed by atoms with Gasteiger partial charge in [-0.05, 0) is 11.8 Å². The van der Waals surface area contributed by atoms with Crippen LogP contribution in [0.3, 0.4) is 0 Å². The lowest BCUT2D eigenvalue weighted by atomic mass is 9.92. The summed E-state index contributed by atoms with van der Waals surface area (Å²) in [4.78, 5) is 31.0. The van der Waals surface area contributed by atoms with Crippen molar-refractivity contribution >= 4 is 17.1 Å². The number of nitrogens with one attached hydrogen (secondary N) is 2. The molecule has 20 heavy (non-hydrogen) atoms. The number of nitrogens with zero attached hydrogens (tertiary/aromatic N) is 3. The van der Waals surface area contributed by atoms with Crippen molar-refractivity contribution in [1.82, 2.24) is 19.1 Å². The van der Waals surface area contributed by atoms with Gasteiger partial charge in [-0.15, -0.1) is 0 Å². The molecule has 0 spiro atoms. The van der Waals surface area contributed by atoms with Crippen LogP contribution in [0.5, 0.6) is 0 Å². The highest BCUT2D eigenvalue weighted by Gasteiger charge is 2.14. The maximum atomic E-state index is 12.0. The number of rotatable bonds is 3. The molecule has 0 bridgehead atoms. The van der Waals surface area contributed by atoms with Crippen LogP contribution < -0.4 is 16.6 Å². The number of aromatic amines is 1. The first-order valence-corrected chi connectivity index (χ1v) is 6.60. The molecule has 0 saturated heterocycles. The number of aryl methyl sites for hydroxylation is 1. The third-order valence-electron chi connectivity index (χ3n) is 3.26. The van der Waals surface area contributed by atoms with Crippen LogP contribution in [-0.4, -0.2) is 25.6 Å². The Bertz CT molecular complexity index is 745. The highest BCUT2D eigenvalue weighted by atomic mass is 16.2. The van der Waals surface area contributed by atoms with Crippen molar-refractivity contribution in [2.24, 2.45) is 19.5 Å². The van der Waals surface area contributed by atoms with E-state index in [-0.39, 0.29) is 16.7 Å². The maximum Gasteiger partial charge on any atom is 0.332 e. The van der Waals surface area contributed by atoms with Crippen LogP contribution in [0.4, 0.5) is 5.95 Å². The molecule has 7 nitrogen and oxygen atoms in total. The molecular weight excluding hydrogens is 258 g/mol. The second kappa shape index (κ2) is 4.81. The molecule has 2 heterocycles. The fourth-order valence-electron chi connectivity index (χ4n) is 1.97. The summed E-state index contributed by atoms with van der Waals surface area (Å²) in [5.74, 6) is 0.516. The minimum atomic E-state index is -0.379. The maximum absolute atomic E-state index is 12.0. The molecule has 2 rings (SSSR count). The van der Waals surface area contributed by atoms with Crippen LogP contribution in [-0.2, 0) is 14.1 Å². The molecule has 0 aromatic carbocycles. The Morgan fingerprint density at radius 3 is 2.45 bits per heavy atom. The summed E-state index contributed by atoms with van der Waals surface area (Å²) in [6.07, 6.45) is 0.973. The van der Waals surface area contributed by atoms with E-state index in [1.807, 2.05) is 0 Å². The van der Waals surface area contributed by atoms with E-state index in [1.165, 1.54) is 11.6 Å². The van der Waals surface area contributed by atoms with E-state index in [0.29, 0.717) is 17.1 Å². The van der Waals surface area contributed by atoms with Crippen LogP contribution in [0, 0.1) is 5.41 Å². The summed E-state index contributed by atoms with van der Waals surface area (Å²) < 4.78 is 2.43. The SMILES string of the molecule is Cn1c(=O)c2[nH]c(NCCC(C)(C)C)nc2n(C)c1=O. The molecular formula is C13H21N5O2. The number of fused-ring (bicyclic) bond motifs is 1. The van der Waals surface area contributed by atoms with E-state index in [4.69, 9.17) is 0 Å². The largest absolute Gasteiger partial charge is 0.356 e. The van der Waals surface area contributed by atoms with E-state index in [0.717, 1.165) is 17.5 Å². The van der Waals surface area contributed by atoms with Gasteiger partial charge >= 0.3 is 5.69 Å². The molecule has 0 aliphatic carbocycles. The van der Waals surface area contributed by atoms with E-state index in [2.05, 4.69) is 36.1 Å². The van der Waals surface area contributed by atoms with Gasteiger partial charge in [-0.25, -0.2) is 4.79 Å². The van der Waals surface area contributed by atoms with Gasteiger partial charge in [0.05, 0.1) is 0 Å². The number of hydrogen-bond acceptors (Lipinski definition) is 4. The van der Waals surface area contributed by atoms with Crippen molar-refractivity contribution in [3.8, 4) is 0 Å². The lowest BCUT2D eigenvalue weighted by Gasteiger charge is -2.17. The molecule has 2 N–H and O–H groups in total. The Kier molecular flexibility index (Phi) is 3.45. The van der Waals surface area contributed by atoms with Crippen LogP contribution in [0.2, 0.25) is 0 Å². The van der Waals surface area contributed by atoms with E-state index in [9.17, 15) is 9.59 Å². The standard InChI is InChI=1S/C13H21N5O2/c1-13(2,3)6-7-14-11-15-8-9(16-11)17(4)12(20)18(5)10(8)19/h6-7H2,1-5H3,(H2,14,15,16). The van der Waals surface area contributed by atoms with Crippen molar-refractivity contribution in [3.63, 3.8) is 0 Å². The quantitative estimate of drug-likeness (QED) is 0.870. The Morgan fingerprint density at radius 2 is 1.85 bits per heavy atom. The first kappa shape index (κ1) is 14.4. The molecule has 2 aromatic rings. The van der Waals surface area contributed by atoms with E-state index in [1.54, 1.807) is 7.05 Å². The molecule has 7 heteroatoms. The highest BCUT2D eigenvalue weighted by Crippen LogP contribution is 2.18. The fraction of sp³-hybridized carbons (Fsp3) is 0.615. The molecule has 0 saturated carbocycles. The lowest BCUT2D eigenvalue weighted by molar-refractivity contribution is 0.389. The summed E-state index contributed by atoms with van der Waals surface area (Å²) in [5, 5.41) is 3.15. The lowest BCUT2D eigenvalue weighted by Crippen LogP contribution is -2.36. The smallest absolute Gasteiger partial charge is 0.332 e. The van der Waals surface area contributed by atoms with E-state index < -0.39 is 0 Å². The zero-order chi connectivity index (χ0) is 15.1. The van der Waals surface area contributed by atoms with Gasteiger partial charge in [-0.2, -0.15) is 4.98 Å². The molecule has 2 aromatic heterocycles. The third kappa shape index (κ3) is 2.61. The topological polar surface area (TPSA) is 84.7 Å².